The quantitative estimate of drug-likeness (QED) is 0.850. The predicted octanol–water partition coefficient (Wildman–Crippen LogP) is 1.95. The van der Waals surface area contributed by atoms with Crippen LogP contribution in [0.1, 0.15) is 11.4 Å². The van der Waals surface area contributed by atoms with Crippen LogP contribution in [0.4, 0.5) is 5.82 Å². The molecule has 0 aliphatic carbocycles. The number of aryl methyl sites for hydroxylation is 1. The molecule has 0 fully saturated rings. The van der Waals surface area contributed by atoms with Crippen molar-refractivity contribution >= 4 is 5.82 Å². The Morgan fingerprint density at radius 3 is 2.94 bits per heavy atom. The highest BCUT2D eigenvalue weighted by molar-refractivity contribution is 5.28. The summed E-state index contributed by atoms with van der Waals surface area (Å²) in [5.74, 6) is 1.85. The van der Waals surface area contributed by atoms with E-state index in [-0.39, 0.29) is 0 Å². The lowest BCUT2D eigenvalue weighted by Crippen LogP contribution is -2.03. The molecule has 0 saturated heterocycles. The van der Waals surface area contributed by atoms with Crippen LogP contribution in [-0.2, 0) is 6.61 Å². The van der Waals surface area contributed by atoms with Gasteiger partial charge in [0.15, 0.2) is 5.82 Å². The molecule has 0 aliphatic heterocycles. The zero-order valence-electron chi connectivity index (χ0n) is 9.05. The second-order valence-electron chi connectivity index (χ2n) is 3.50. The van der Waals surface area contributed by atoms with Gasteiger partial charge in [-0.05, 0) is 30.7 Å². The summed E-state index contributed by atoms with van der Waals surface area (Å²) in [6.07, 6.45) is 1.62. The summed E-state index contributed by atoms with van der Waals surface area (Å²) in [5.41, 5.74) is 6.70. The molecule has 0 unspecified atom stereocenters. The van der Waals surface area contributed by atoms with Crippen molar-refractivity contribution in [2.24, 2.45) is 0 Å². The number of hydrogen-bond acceptors (Lipinski definition) is 4. The minimum absolute atomic E-state index is 0.328. The van der Waals surface area contributed by atoms with E-state index in [0.717, 1.165) is 11.3 Å². The molecule has 1 aromatic heterocycles. The molecule has 0 radical (unpaired) electrons. The summed E-state index contributed by atoms with van der Waals surface area (Å²) in [6.45, 7) is 2.35. The molecule has 2 aromatic rings. The number of aromatic nitrogens is 2. The van der Waals surface area contributed by atoms with Crippen LogP contribution in [0.15, 0.2) is 36.5 Å². The fraction of sp³-hybridized carbons (Fsp3) is 0.167. The first-order chi connectivity index (χ1) is 7.74. The Kier molecular flexibility index (Phi) is 3.00. The summed E-state index contributed by atoms with van der Waals surface area (Å²) in [6, 6.07) is 9.48. The number of nitrogens with zero attached hydrogens (tertiary/aromatic N) is 2. The van der Waals surface area contributed by atoms with Gasteiger partial charge in [0, 0.05) is 6.20 Å². The van der Waals surface area contributed by atoms with Crippen molar-refractivity contribution in [1.29, 1.82) is 0 Å². The molecule has 1 aromatic carbocycles. The van der Waals surface area contributed by atoms with Crippen molar-refractivity contribution in [3.05, 3.63) is 47.9 Å². The van der Waals surface area contributed by atoms with Crippen molar-refractivity contribution in [3.63, 3.8) is 0 Å². The third kappa shape index (κ3) is 2.70. The van der Waals surface area contributed by atoms with Crippen LogP contribution in [-0.4, -0.2) is 9.97 Å². The summed E-state index contributed by atoms with van der Waals surface area (Å²) < 4.78 is 5.55. The largest absolute Gasteiger partial charge is 0.486 e. The van der Waals surface area contributed by atoms with Gasteiger partial charge in [-0.3, -0.25) is 0 Å². The number of ether oxygens (including phenoxy) is 1. The highest BCUT2D eigenvalue weighted by Gasteiger charge is 1.99. The van der Waals surface area contributed by atoms with E-state index in [2.05, 4.69) is 9.97 Å². The summed E-state index contributed by atoms with van der Waals surface area (Å²) in [5, 5.41) is 0. The maximum atomic E-state index is 5.55. The van der Waals surface area contributed by atoms with Gasteiger partial charge in [-0.2, -0.15) is 0 Å². The predicted molar refractivity (Wildman–Crippen MR) is 62.0 cm³/mol. The van der Waals surface area contributed by atoms with E-state index in [1.165, 1.54) is 0 Å². The normalized spacial score (nSPS) is 10.1. The molecule has 1 heterocycles. The van der Waals surface area contributed by atoms with Crippen LogP contribution in [0, 0.1) is 6.92 Å². The highest BCUT2D eigenvalue weighted by Crippen LogP contribution is 2.13. The van der Waals surface area contributed by atoms with Crippen LogP contribution in [0.5, 0.6) is 5.75 Å². The van der Waals surface area contributed by atoms with Gasteiger partial charge in [0.05, 0.1) is 0 Å². The van der Waals surface area contributed by atoms with E-state index in [4.69, 9.17) is 10.5 Å². The first-order valence-electron chi connectivity index (χ1n) is 5.01. The molecule has 4 nitrogen and oxygen atoms in total. The SMILES string of the molecule is Cc1cccc(OCc2nccc(N)n2)c1. The van der Waals surface area contributed by atoms with E-state index in [0.29, 0.717) is 18.2 Å². The van der Waals surface area contributed by atoms with Gasteiger partial charge in [-0.1, -0.05) is 12.1 Å². The van der Waals surface area contributed by atoms with Gasteiger partial charge in [-0.15, -0.1) is 0 Å². The molecule has 0 aliphatic rings. The molecule has 0 saturated carbocycles. The van der Waals surface area contributed by atoms with Gasteiger partial charge < -0.3 is 10.5 Å². The lowest BCUT2D eigenvalue weighted by molar-refractivity contribution is 0.296. The highest BCUT2D eigenvalue weighted by atomic mass is 16.5. The monoisotopic (exact) mass is 215 g/mol. The van der Waals surface area contributed by atoms with Crippen LogP contribution < -0.4 is 10.5 Å². The molecular weight excluding hydrogens is 202 g/mol. The van der Waals surface area contributed by atoms with Crippen LogP contribution in [0.3, 0.4) is 0 Å². The number of rotatable bonds is 3. The Labute approximate surface area is 94.1 Å². The smallest absolute Gasteiger partial charge is 0.168 e. The van der Waals surface area contributed by atoms with Crippen molar-refractivity contribution in [2.75, 3.05) is 5.73 Å². The standard InChI is InChI=1S/C12H13N3O/c1-9-3-2-4-10(7-9)16-8-12-14-6-5-11(13)15-12/h2-7H,8H2,1H3,(H2,13,14,15). The average molecular weight is 215 g/mol. The Morgan fingerprint density at radius 2 is 2.19 bits per heavy atom. The summed E-state index contributed by atoms with van der Waals surface area (Å²) in [7, 11) is 0. The summed E-state index contributed by atoms with van der Waals surface area (Å²) in [4.78, 5) is 8.11. The zero-order chi connectivity index (χ0) is 11.4. The Morgan fingerprint density at radius 1 is 1.31 bits per heavy atom. The zero-order valence-corrected chi connectivity index (χ0v) is 9.05. The van der Waals surface area contributed by atoms with Crippen molar-refractivity contribution in [3.8, 4) is 5.75 Å². The van der Waals surface area contributed by atoms with Crippen molar-refractivity contribution in [2.45, 2.75) is 13.5 Å². The lowest BCUT2D eigenvalue weighted by Gasteiger charge is -2.05. The fourth-order valence-corrected chi connectivity index (χ4v) is 1.34. The van der Waals surface area contributed by atoms with Crippen molar-refractivity contribution < 1.29 is 4.74 Å². The summed E-state index contributed by atoms with van der Waals surface area (Å²) >= 11 is 0. The van der Waals surface area contributed by atoms with Crippen LogP contribution >= 0.6 is 0 Å². The molecule has 4 heteroatoms. The molecule has 2 N–H and O–H groups in total. The first kappa shape index (κ1) is 10.4. The van der Waals surface area contributed by atoms with Gasteiger partial charge in [0.1, 0.15) is 18.2 Å². The average Bonchev–Trinajstić information content (AvgIpc) is 2.27. The second kappa shape index (κ2) is 4.61. The van der Waals surface area contributed by atoms with Crippen LogP contribution in [0.25, 0.3) is 0 Å². The lowest BCUT2D eigenvalue weighted by atomic mass is 10.2. The number of hydrogen-bond donors (Lipinski definition) is 1. The van der Waals surface area contributed by atoms with E-state index in [1.54, 1.807) is 12.3 Å². The van der Waals surface area contributed by atoms with Gasteiger partial charge in [0.2, 0.25) is 0 Å². The van der Waals surface area contributed by atoms with E-state index >= 15 is 0 Å². The van der Waals surface area contributed by atoms with E-state index in [1.807, 2.05) is 31.2 Å². The second-order valence-corrected chi connectivity index (χ2v) is 3.50. The number of benzene rings is 1. The van der Waals surface area contributed by atoms with Gasteiger partial charge >= 0.3 is 0 Å². The first-order valence-corrected chi connectivity index (χ1v) is 5.01. The number of nitrogens with two attached hydrogens (primary N) is 1. The van der Waals surface area contributed by atoms with E-state index < -0.39 is 0 Å². The maximum Gasteiger partial charge on any atom is 0.168 e. The minimum atomic E-state index is 0.328. The third-order valence-electron chi connectivity index (χ3n) is 2.08. The molecule has 0 spiro atoms. The molecule has 2 rings (SSSR count). The Bertz CT molecular complexity index is 440. The molecule has 0 amide bonds. The molecule has 82 valence electrons. The Hall–Kier alpha value is -2.10. The van der Waals surface area contributed by atoms with Gasteiger partial charge in [-0.25, -0.2) is 9.97 Å². The molecule has 0 bridgehead atoms. The van der Waals surface area contributed by atoms with Crippen LogP contribution in [0.2, 0.25) is 0 Å². The Balaban J connectivity index is 2.02. The van der Waals surface area contributed by atoms with Gasteiger partial charge in [0.25, 0.3) is 0 Å². The number of nitrogen functional groups attached to an aromatic ring is 1. The molecule has 16 heavy (non-hydrogen) atoms. The maximum absolute atomic E-state index is 5.55. The minimum Gasteiger partial charge on any atom is -0.486 e. The topological polar surface area (TPSA) is 61.0 Å². The van der Waals surface area contributed by atoms with Crippen molar-refractivity contribution in [1.82, 2.24) is 9.97 Å². The third-order valence-corrected chi connectivity index (χ3v) is 2.08. The molecule has 0 atom stereocenters. The fourth-order valence-electron chi connectivity index (χ4n) is 1.34. The van der Waals surface area contributed by atoms with E-state index in [9.17, 15) is 0 Å². The number of anilines is 1. The molecular formula is C12H13N3O.